The molecule has 1 aromatic heterocycles. The summed E-state index contributed by atoms with van der Waals surface area (Å²) in [7, 11) is 0. The molecule has 0 amide bonds. The summed E-state index contributed by atoms with van der Waals surface area (Å²) in [5, 5.41) is 6.23. The van der Waals surface area contributed by atoms with Gasteiger partial charge in [-0.1, -0.05) is 20.8 Å². The zero-order valence-corrected chi connectivity index (χ0v) is 11.7. The minimum Gasteiger partial charge on any atom is -0.362 e. The molecule has 0 saturated carbocycles. The minimum atomic E-state index is -0.412. The van der Waals surface area contributed by atoms with E-state index in [1.54, 1.807) is 0 Å². The highest BCUT2D eigenvalue weighted by molar-refractivity contribution is 5.43. The van der Waals surface area contributed by atoms with Crippen LogP contribution in [0.5, 0.6) is 0 Å². The van der Waals surface area contributed by atoms with Gasteiger partial charge in [-0.3, -0.25) is 0 Å². The van der Waals surface area contributed by atoms with Gasteiger partial charge < -0.3 is 10.6 Å². The molecule has 0 saturated heterocycles. The summed E-state index contributed by atoms with van der Waals surface area (Å²) in [6, 6.07) is 0. The van der Waals surface area contributed by atoms with Gasteiger partial charge in [0, 0.05) is 12.1 Å². The lowest BCUT2D eigenvalue weighted by Gasteiger charge is -2.29. The van der Waals surface area contributed by atoms with Crippen LogP contribution in [0.3, 0.4) is 0 Å². The standard InChI is InChI=1S/C13H23FN4/c1-5-8-15-12-16-9-10(14)11(17-12)18-13(4,6-2)7-3/h9H,5-8H2,1-4H3,(H2,15,16,17,18). The van der Waals surface area contributed by atoms with Crippen molar-refractivity contribution in [2.24, 2.45) is 0 Å². The highest BCUT2D eigenvalue weighted by atomic mass is 19.1. The fourth-order valence-electron chi connectivity index (χ4n) is 1.49. The molecule has 0 aliphatic heterocycles. The molecule has 102 valence electrons. The Morgan fingerprint density at radius 1 is 1.28 bits per heavy atom. The number of nitrogens with one attached hydrogen (secondary N) is 2. The lowest BCUT2D eigenvalue weighted by Crippen LogP contribution is -2.34. The predicted molar refractivity (Wildman–Crippen MR) is 73.4 cm³/mol. The largest absolute Gasteiger partial charge is 0.362 e. The fraction of sp³-hybridized carbons (Fsp3) is 0.692. The average Bonchev–Trinajstić information content (AvgIpc) is 2.39. The van der Waals surface area contributed by atoms with Crippen molar-refractivity contribution in [1.29, 1.82) is 0 Å². The van der Waals surface area contributed by atoms with E-state index in [1.165, 1.54) is 6.20 Å². The third kappa shape index (κ3) is 3.82. The van der Waals surface area contributed by atoms with Gasteiger partial charge in [-0.15, -0.1) is 0 Å². The highest BCUT2D eigenvalue weighted by Crippen LogP contribution is 2.22. The van der Waals surface area contributed by atoms with Crippen LogP contribution >= 0.6 is 0 Å². The third-order valence-electron chi connectivity index (χ3n) is 3.26. The van der Waals surface area contributed by atoms with E-state index in [1.807, 2.05) is 0 Å². The van der Waals surface area contributed by atoms with Crippen LogP contribution in [0.1, 0.15) is 47.0 Å². The molecule has 5 heteroatoms. The first-order valence-electron chi connectivity index (χ1n) is 6.59. The molecular weight excluding hydrogens is 231 g/mol. The van der Waals surface area contributed by atoms with Gasteiger partial charge in [-0.2, -0.15) is 4.98 Å². The number of halogens is 1. The second kappa shape index (κ2) is 6.52. The second-order valence-corrected chi connectivity index (χ2v) is 4.71. The molecule has 1 aromatic rings. The first kappa shape index (κ1) is 14.7. The lowest BCUT2D eigenvalue weighted by molar-refractivity contribution is 0.471. The summed E-state index contributed by atoms with van der Waals surface area (Å²) in [6.07, 6.45) is 4.00. The SMILES string of the molecule is CCCNc1ncc(F)c(NC(C)(CC)CC)n1. The van der Waals surface area contributed by atoms with Crippen LogP contribution in [-0.4, -0.2) is 22.1 Å². The van der Waals surface area contributed by atoms with Gasteiger partial charge in [0.15, 0.2) is 11.6 Å². The van der Waals surface area contributed by atoms with E-state index in [0.29, 0.717) is 5.95 Å². The topological polar surface area (TPSA) is 49.8 Å². The number of hydrogen-bond donors (Lipinski definition) is 2. The Morgan fingerprint density at radius 3 is 2.50 bits per heavy atom. The number of nitrogens with zero attached hydrogens (tertiary/aromatic N) is 2. The maximum Gasteiger partial charge on any atom is 0.224 e. The summed E-state index contributed by atoms with van der Waals surface area (Å²) in [5.41, 5.74) is -0.142. The fourth-order valence-corrected chi connectivity index (χ4v) is 1.49. The predicted octanol–water partition coefficient (Wildman–Crippen LogP) is 3.43. The maximum absolute atomic E-state index is 13.7. The van der Waals surface area contributed by atoms with E-state index >= 15 is 0 Å². The molecule has 2 N–H and O–H groups in total. The third-order valence-corrected chi connectivity index (χ3v) is 3.26. The van der Waals surface area contributed by atoms with E-state index in [2.05, 4.69) is 48.3 Å². The molecule has 0 aliphatic carbocycles. The molecule has 1 rings (SSSR count). The summed E-state index contributed by atoms with van der Waals surface area (Å²) in [6.45, 7) is 9.05. The molecule has 0 unspecified atom stereocenters. The van der Waals surface area contributed by atoms with Crippen LogP contribution in [-0.2, 0) is 0 Å². The van der Waals surface area contributed by atoms with Crippen molar-refractivity contribution >= 4 is 11.8 Å². The number of rotatable bonds is 7. The van der Waals surface area contributed by atoms with Crippen molar-refractivity contribution in [3.05, 3.63) is 12.0 Å². The second-order valence-electron chi connectivity index (χ2n) is 4.71. The Morgan fingerprint density at radius 2 is 1.94 bits per heavy atom. The molecule has 0 aromatic carbocycles. The molecule has 4 nitrogen and oxygen atoms in total. The van der Waals surface area contributed by atoms with Gasteiger partial charge in [0.1, 0.15) is 0 Å². The van der Waals surface area contributed by atoms with Crippen LogP contribution in [0.25, 0.3) is 0 Å². The molecule has 0 atom stereocenters. The lowest BCUT2D eigenvalue weighted by atomic mass is 9.96. The number of anilines is 2. The number of hydrogen-bond acceptors (Lipinski definition) is 4. The smallest absolute Gasteiger partial charge is 0.224 e. The molecule has 0 aliphatic rings. The molecule has 0 bridgehead atoms. The monoisotopic (exact) mass is 254 g/mol. The summed E-state index contributed by atoms with van der Waals surface area (Å²) >= 11 is 0. The van der Waals surface area contributed by atoms with Gasteiger partial charge in [0.25, 0.3) is 0 Å². The first-order chi connectivity index (χ1) is 8.54. The zero-order chi connectivity index (χ0) is 13.6. The van der Waals surface area contributed by atoms with Crippen LogP contribution in [0.15, 0.2) is 6.20 Å². The summed E-state index contributed by atoms with van der Waals surface area (Å²) < 4.78 is 13.7. The van der Waals surface area contributed by atoms with Crippen LogP contribution in [0.2, 0.25) is 0 Å². The van der Waals surface area contributed by atoms with Gasteiger partial charge in [0.2, 0.25) is 5.95 Å². The van der Waals surface area contributed by atoms with Crippen molar-refractivity contribution in [2.75, 3.05) is 17.2 Å². The van der Waals surface area contributed by atoms with E-state index in [0.717, 1.165) is 25.8 Å². The first-order valence-corrected chi connectivity index (χ1v) is 6.59. The zero-order valence-electron chi connectivity index (χ0n) is 11.7. The van der Waals surface area contributed by atoms with E-state index in [-0.39, 0.29) is 11.4 Å². The van der Waals surface area contributed by atoms with Gasteiger partial charge in [0.05, 0.1) is 6.20 Å². The molecular formula is C13H23FN4. The highest BCUT2D eigenvalue weighted by Gasteiger charge is 2.21. The molecule has 18 heavy (non-hydrogen) atoms. The van der Waals surface area contributed by atoms with Gasteiger partial charge >= 0.3 is 0 Å². The Balaban J connectivity index is 2.86. The maximum atomic E-state index is 13.7. The summed E-state index contributed by atoms with van der Waals surface area (Å²) in [4.78, 5) is 8.10. The van der Waals surface area contributed by atoms with Crippen molar-refractivity contribution in [3.63, 3.8) is 0 Å². The Bertz CT molecular complexity index is 377. The van der Waals surface area contributed by atoms with Crippen molar-refractivity contribution in [1.82, 2.24) is 9.97 Å². The van der Waals surface area contributed by atoms with Gasteiger partial charge in [-0.25, -0.2) is 9.37 Å². The summed E-state index contributed by atoms with van der Waals surface area (Å²) in [5.74, 6) is 0.329. The van der Waals surface area contributed by atoms with Crippen molar-refractivity contribution < 1.29 is 4.39 Å². The minimum absolute atomic E-state index is 0.142. The number of aromatic nitrogens is 2. The van der Waals surface area contributed by atoms with Crippen molar-refractivity contribution in [3.8, 4) is 0 Å². The Kier molecular flexibility index (Phi) is 5.31. The quantitative estimate of drug-likeness (QED) is 0.782. The molecule has 0 spiro atoms. The normalized spacial score (nSPS) is 11.4. The Hall–Kier alpha value is -1.39. The van der Waals surface area contributed by atoms with Crippen LogP contribution < -0.4 is 10.6 Å². The molecule has 0 radical (unpaired) electrons. The van der Waals surface area contributed by atoms with E-state index in [9.17, 15) is 4.39 Å². The van der Waals surface area contributed by atoms with Crippen molar-refractivity contribution in [2.45, 2.75) is 52.5 Å². The van der Waals surface area contributed by atoms with Crippen LogP contribution in [0.4, 0.5) is 16.2 Å². The van der Waals surface area contributed by atoms with Gasteiger partial charge in [-0.05, 0) is 26.2 Å². The molecule has 0 fully saturated rings. The van der Waals surface area contributed by atoms with E-state index in [4.69, 9.17) is 0 Å². The average molecular weight is 254 g/mol. The Labute approximate surface area is 108 Å². The molecule has 1 heterocycles. The van der Waals surface area contributed by atoms with E-state index < -0.39 is 5.82 Å². The van der Waals surface area contributed by atoms with Crippen LogP contribution in [0, 0.1) is 5.82 Å².